The highest BCUT2D eigenvalue weighted by Crippen LogP contribution is 2.30. The van der Waals surface area contributed by atoms with Crippen LogP contribution < -0.4 is 0 Å². The maximum absolute atomic E-state index is 10.1. The van der Waals surface area contributed by atoms with Gasteiger partial charge in [0.25, 0.3) is 0 Å². The van der Waals surface area contributed by atoms with Gasteiger partial charge in [0.15, 0.2) is 12.6 Å². The fraction of sp³-hybridized carbons (Fsp3) is 1.00. The third-order valence-corrected chi connectivity index (χ3v) is 4.17. The van der Waals surface area contributed by atoms with Crippen molar-refractivity contribution in [3.63, 3.8) is 0 Å². The Kier molecular flexibility index (Phi) is 6.87. The van der Waals surface area contributed by atoms with E-state index in [0.29, 0.717) is 0 Å². The number of hydrogen-bond donors (Lipinski definition) is 7. The van der Waals surface area contributed by atoms with Gasteiger partial charge in [-0.05, 0) is 0 Å². The molecule has 0 spiro atoms. The topological polar surface area (TPSA) is 179 Å². The molecule has 2 saturated heterocycles. The smallest absolute Gasteiger partial charge is 0.187 e. The molecule has 0 aromatic heterocycles. The zero-order valence-corrected chi connectivity index (χ0v) is 13.0. The highest BCUT2D eigenvalue weighted by molar-refractivity contribution is 4.94. The number of methoxy groups -OCH3 is 1. The molecule has 11 nitrogen and oxygen atoms in total. The molecule has 2 rings (SSSR count). The van der Waals surface area contributed by atoms with Crippen molar-refractivity contribution in [3.8, 4) is 0 Å². The highest BCUT2D eigenvalue weighted by Gasteiger charge is 2.51. The van der Waals surface area contributed by atoms with Crippen LogP contribution in [0.5, 0.6) is 0 Å². The lowest BCUT2D eigenvalue weighted by Crippen LogP contribution is -2.61. The lowest BCUT2D eigenvalue weighted by molar-refractivity contribution is -0.327. The second-order valence-electron chi connectivity index (χ2n) is 5.74. The van der Waals surface area contributed by atoms with E-state index in [4.69, 9.17) is 24.1 Å². The summed E-state index contributed by atoms with van der Waals surface area (Å²) in [7, 11) is 1.25. The van der Waals surface area contributed by atoms with Crippen molar-refractivity contribution in [3.05, 3.63) is 0 Å². The van der Waals surface area contributed by atoms with Crippen molar-refractivity contribution >= 4 is 0 Å². The predicted octanol–water partition coefficient (Wildman–Crippen LogP) is -4.74. The van der Waals surface area contributed by atoms with E-state index in [2.05, 4.69) is 0 Å². The maximum atomic E-state index is 10.1. The number of aliphatic hydroxyl groups is 7. The molecule has 11 heteroatoms. The summed E-state index contributed by atoms with van der Waals surface area (Å²) in [4.78, 5) is 0. The van der Waals surface area contributed by atoms with Crippen LogP contribution in [-0.4, -0.2) is 117 Å². The summed E-state index contributed by atoms with van der Waals surface area (Å²) in [5, 5.41) is 67.8. The average Bonchev–Trinajstić information content (AvgIpc) is 2.86. The molecule has 2 aliphatic heterocycles. The average molecular weight is 356 g/mol. The Bertz CT molecular complexity index is 380. The van der Waals surface area contributed by atoms with Gasteiger partial charge in [0.1, 0.15) is 48.8 Å². The van der Waals surface area contributed by atoms with Crippen LogP contribution in [0.3, 0.4) is 0 Å². The fourth-order valence-corrected chi connectivity index (χ4v) is 2.77. The Morgan fingerprint density at radius 2 is 1.58 bits per heavy atom. The van der Waals surface area contributed by atoms with Gasteiger partial charge in [0.05, 0.1) is 13.2 Å². The first-order valence-corrected chi connectivity index (χ1v) is 7.46. The van der Waals surface area contributed by atoms with E-state index >= 15 is 0 Å². The molecule has 2 heterocycles. The van der Waals surface area contributed by atoms with Gasteiger partial charge in [0, 0.05) is 7.11 Å². The SMILES string of the molecule is CO[C@H]1O[C@H](CO)[C@@H](O)[C@H](O[C@@H]2O[C@@H]([C@H](O)CO)[C@H](O)[C@H]2O)[C@H]1O. The van der Waals surface area contributed by atoms with Crippen molar-refractivity contribution in [2.24, 2.45) is 0 Å². The van der Waals surface area contributed by atoms with Gasteiger partial charge in [-0.1, -0.05) is 0 Å². The Hall–Kier alpha value is -0.440. The quantitative estimate of drug-likeness (QED) is 0.243. The van der Waals surface area contributed by atoms with Crippen LogP contribution in [0.2, 0.25) is 0 Å². The Morgan fingerprint density at radius 3 is 2.12 bits per heavy atom. The second kappa shape index (κ2) is 8.29. The van der Waals surface area contributed by atoms with Crippen LogP contribution >= 0.6 is 0 Å². The third kappa shape index (κ3) is 3.71. The van der Waals surface area contributed by atoms with Crippen LogP contribution in [0.25, 0.3) is 0 Å². The molecule has 7 N–H and O–H groups in total. The van der Waals surface area contributed by atoms with E-state index in [9.17, 15) is 30.6 Å². The summed E-state index contributed by atoms with van der Waals surface area (Å²) in [6, 6.07) is 0. The number of hydrogen-bond acceptors (Lipinski definition) is 11. The van der Waals surface area contributed by atoms with E-state index in [1.807, 2.05) is 0 Å². The molecule has 0 aromatic carbocycles. The molecule has 0 amide bonds. The lowest BCUT2D eigenvalue weighted by atomic mass is 9.99. The standard InChI is InChI=1S/C13H24O11/c1-21-12-9(20)11(6(17)5(3-15)22-12)24-13-8(19)7(18)10(23-13)4(16)2-14/h4-20H,2-3H2,1H3/t4-,5-,6-,7-,8-,9-,10+,11+,12+,13+/m1/s1. The summed E-state index contributed by atoms with van der Waals surface area (Å²) in [5.41, 5.74) is 0. The minimum Gasteiger partial charge on any atom is -0.394 e. The van der Waals surface area contributed by atoms with Crippen LogP contribution in [-0.2, 0) is 18.9 Å². The van der Waals surface area contributed by atoms with Crippen LogP contribution in [0.15, 0.2) is 0 Å². The largest absolute Gasteiger partial charge is 0.394 e. The van der Waals surface area contributed by atoms with Crippen molar-refractivity contribution in [1.29, 1.82) is 0 Å². The minimum atomic E-state index is -1.59. The molecule has 0 radical (unpaired) electrons. The van der Waals surface area contributed by atoms with Crippen molar-refractivity contribution in [2.75, 3.05) is 20.3 Å². The van der Waals surface area contributed by atoms with Gasteiger partial charge in [-0.15, -0.1) is 0 Å². The van der Waals surface area contributed by atoms with Crippen LogP contribution in [0.4, 0.5) is 0 Å². The Morgan fingerprint density at radius 1 is 0.917 bits per heavy atom. The molecule has 2 fully saturated rings. The molecule has 0 saturated carbocycles. The molecule has 0 unspecified atom stereocenters. The molecule has 142 valence electrons. The molecule has 2 aliphatic rings. The monoisotopic (exact) mass is 356 g/mol. The van der Waals surface area contributed by atoms with Gasteiger partial charge < -0.3 is 54.7 Å². The lowest BCUT2D eigenvalue weighted by Gasteiger charge is -2.42. The Labute approximate surface area is 137 Å². The molecule has 0 bridgehead atoms. The van der Waals surface area contributed by atoms with E-state index in [1.165, 1.54) is 7.11 Å². The third-order valence-electron chi connectivity index (χ3n) is 4.17. The zero-order chi connectivity index (χ0) is 18.0. The summed E-state index contributed by atoms with van der Waals surface area (Å²) >= 11 is 0. The first kappa shape index (κ1) is 19.9. The van der Waals surface area contributed by atoms with Gasteiger partial charge in [-0.3, -0.25) is 0 Å². The predicted molar refractivity (Wildman–Crippen MR) is 73.4 cm³/mol. The van der Waals surface area contributed by atoms with Crippen LogP contribution in [0.1, 0.15) is 0 Å². The van der Waals surface area contributed by atoms with Gasteiger partial charge in [-0.25, -0.2) is 0 Å². The van der Waals surface area contributed by atoms with E-state index in [-0.39, 0.29) is 0 Å². The summed E-state index contributed by atoms with van der Waals surface area (Å²) < 4.78 is 20.6. The van der Waals surface area contributed by atoms with E-state index in [1.54, 1.807) is 0 Å². The molecule has 24 heavy (non-hydrogen) atoms. The fourth-order valence-electron chi connectivity index (χ4n) is 2.77. The summed E-state index contributed by atoms with van der Waals surface area (Å²) in [6.07, 6.45) is -14.0. The number of aliphatic hydroxyl groups excluding tert-OH is 7. The molecule has 10 atom stereocenters. The zero-order valence-electron chi connectivity index (χ0n) is 13.0. The molecule has 0 aliphatic carbocycles. The van der Waals surface area contributed by atoms with Crippen molar-refractivity contribution in [1.82, 2.24) is 0 Å². The molecular formula is C13H24O11. The first-order valence-electron chi connectivity index (χ1n) is 7.46. The van der Waals surface area contributed by atoms with Gasteiger partial charge >= 0.3 is 0 Å². The van der Waals surface area contributed by atoms with Gasteiger partial charge in [0.2, 0.25) is 0 Å². The number of ether oxygens (including phenoxy) is 4. The van der Waals surface area contributed by atoms with Crippen molar-refractivity contribution in [2.45, 2.75) is 61.4 Å². The molecular weight excluding hydrogens is 332 g/mol. The summed E-state index contributed by atoms with van der Waals surface area (Å²) in [5.74, 6) is 0. The normalized spacial score (nSPS) is 47.8. The minimum absolute atomic E-state index is 0.573. The first-order chi connectivity index (χ1) is 11.3. The molecule has 0 aromatic rings. The van der Waals surface area contributed by atoms with Crippen LogP contribution in [0, 0.1) is 0 Å². The van der Waals surface area contributed by atoms with E-state index < -0.39 is 74.6 Å². The second-order valence-corrected chi connectivity index (χ2v) is 5.74. The van der Waals surface area contributed by atoms with Gasteiger partial charge in [-0.2, -0.15) is 0 Å². The van der Waals surface area contributed by atoms with E-state index in [0.717, 1.165) is 0 Å². The number of rotatable bonds is 6. The maximum Gasteiger partial charge on any atom is 0.187 e. The Balaban J connectivity index is 2.10. The summed E-state index contributed by atoms with van der Waals surface area (Å²) in [6.45, 7) is -1.28. The highest BCUT2D eigenvalue weighted by atomic mass is 16.7. The van der Waals surface area contributed by atoms with Crippen molar-refractivity contribution < 1.29 is 54.7 Å².